The van der Waals surface area contributed by atoms with Crippen LogP contribution in [-0.2, 0) is 4.74 Å². The topological polar surface area (TPSA) is 35.2 Å². The minimum absolute atomic E-state index is 0. The molecule has 2 nitrogen and oxygen atoms in total. The van der Waals surface area contributed by atoms with Crippen molar-refractivity contribution in [3.05, 3.63) is 35.6 Å². The van der Waals surface area contributed by atoms with Crippen molar-refractivity contribution < 1.29 is 9.13 Å². The van der Waals surface area contributed by atoms with E-state index in [0.717, 1.165) is 5.56 Å². The SMILES string of the molecule is COCC(N)c1ccc(F)cc1.Cl. The van der Waals surface area contributed by atoms with Gasteiger partial charge in [0.1, 0.15) is 5.82 Å². The second kappa shape index (κ2) is 5.91. The van der Waals surface area contributed by atoms with Gasteiger partial charge >= 0.3 is 0 Å². The van der Waals surface area contributed by atoms with Gasteiger partial charge in [-0.3, -0.25) is 0 Å². The first-order valence-corrected chi connectivity index (χ1v) is 3.74. The number of nitrogens with two attached hydrogens (primary N) is 1. The van der Waals surface area contributed by atoms with E-state index >= 15 is 0 Å². The van der Waals surface area contributed by atoms with Crippen LogP contribution >= 0.6 is 12.4 Å². The van der Waals surface area contributed by atoms with E-state index in [1.165, 1.54) is 12.1 Å². The van der Waals surface area contributed by atoms with Crippen LogP contribution in [0, 0.1) is 5.82 Å². The molecular formula is C9H13ClFNO. The summed E-state index contributed by atoms with van der Waals surface area (Å²) in [6.07, 6.45) is 0. The van der Waals surface area contributed by atoms with E-state index in [0.29, 0.717) is 6.61 Å². The van der Waals surface area contributed by atoms with E-state index in [9.17, 15) is 4.39 Å². The number of ether oxygens (including phenoxy) is 1. The van der Waals surface area contributed by atoms with Crippen molar-refractivity contribution in [2.75, 3.05) is 13.7 Å². The maximum absolute atomic E-state index is 12.5. The molecule has 0 bridgehead atoms. The lowest BCUT2D eigenvalue weighted by Gasteiger charge is -2.09. The zero-order chi connectivity index (χ0) is 8.97. The van der Waals surface area contributed by atoms with Gasteiger partial charge in [0.2, 0.25) is 0 Å². The third-order valence-corrected chi connectivity index (χ3v) is 1.64. The average Bonchev–Trinajstić information content (AvgIpc) is 2.06. The fraction of sp³-hybridized carbons (Fsp3) is 0.333. The lowest BCUT2D eigenvalue weighted by molar-refractivity contribution is 0.181. The van der Waals surface area contributed by atoms with Crippen LogP contribution < -0.4 is 5.73 Å². The zero-order valence-corrected chi connectivity index (χ0v) is 8.18. The number of benzene rings is 1. The smallest absolute Gasteiger partial charge is 0.123 e. The molecule has 1 aromatic carbocycles. The number of methoxy groups -OCH3 is 1. The normalized spacial score (nSPS) is 11.9. The van der Waals surface area contributed by atoms with Crippen LogP contribution in [0.1, 0.15) is 11.6 Å². The summed E-state index contributed by atoms with van der Waals surface area (Å²) in [6, 6.07) is 5.95. The summed E-state index contributed by atoms with van der Waals surface area (Å²) in [5.74, 6) is -0.247. The Morgan fingerprint density at radius 2 is 1.92 bits per heavy atom. The molecule has 1 aromatic rings. The molecule has 0 radical (unpaired) electrons. The predicted octanol–water partition coefficient (Wildman–Crippen LogP) is 1.89. The molecule has 0 spiro atoms. The van der Waals surface area contributed by atoms with Crippen molar-refractivity contribution in [2.45, 2.75) is 6.04 Å². The second-order valence-corrected chi connectivity index (χ2v) is 2.61. The summed E-state index contributed by atoms with van der Waals surface area (Å²) in [6.45, 7) is 0.450. The molecule has 1 rings (SSSR count). The van der Waals surface area contributed by atoms with Crippen LogP contribution in [0.2, 0.25) is 0 Å². The van der Waals surface area contributed by atoms with Crippen molar-refractivity contribution in [3.8, 4) is 0 Å². The monoisotopic (exact) mass is 205 g/mol. The molecule has 0 aliphatic heterocycles. The Bertz CT molecular complexity index is 240. The fourth-order valence-corrected chi connectivity index (χ4v) is 0.986. The van der Waals surface area contributed by atoms with Gasteiger partial charge in [-0.2, -0.15) is 0 Å². The highest BCUT2D eigenvalue weighted by Crippen LogP contribution is 2.10. The van der Waals surface area contributed by atoms with Crippen LogP contribution in [0.25, 0.3) is 0 Å². The van der Waals surface area contributed by atoms with Crippen molar-refractivity contribution in [1.82, 2.24) is 0 Å². The molecule has 1 atom stereocenters. The molecule has 0 amide bonds. The first kappa shape index (κ1) is 12.4. The Hall–Kier alpha value is -0.640. The average molecular weight is 206 g/mol. The molecular weight excluding hydrogens is 193 g/mol. The van der Waals surface area contributed by atoms with Crippen LogP contribution in [-0.4, -0.2) is 13.7 Å². The molecule has 13 heavy (non-hydrogen) atoms. The number of hydrogen-bond acceptors (Lipinski definition) is 2. The van der Waals surface area contributed by atoms with Crippen LogP contribution in [0.5, 0.6) is 0 Å². The minimum Gasteiger partial charge on any atom is -0.383 e. The minimum atomic E-state index is -0.247. The summed E-state index contributed by atoms with van der Waals surface area (Å²) in [4.78, 5) is 0. The molecule has 0 fully saturated rings. The van der Waals surface area contributed by atoms with Gasteiger partial charge in [-0.05, 0) is 17.7 Å². The first-order valence-electron chi connectivity index (χ1n) is 3.74. The summed E-state index contributed by atoms with van der Waals surface area (Å²) < 4.78 is 17.3. The molecule has 0 saturated heterocycles. The van der Waals surface area contributed by atoms with E-state index in [1.54, 1.807) is 19.2 Å². The second-order valence-electron chi connectivity index (χ2n) is 2.61. The maximum atomic E-state index is 12.5. The van der Waals surface area contributed by atoms with Gasteiger partial charge in [0.25, 0.3) is 0 Å². The molecule has 2 N–H and O–H groups in total. The molecule has 0 aromatic heterocycles. The van der Waals surface area contributed by atoms with Crippen LogP contribution in [0.4, 0.5) is 4.39 Å². The summed E-state index contributed by atoms with van der Waals surface area (Å²) >= 11 is 0. The number of hydrogen-bond donors (Lipinski definition) is 1. The Morgan fingerprint density at radius 3 is 2.38 bits per heavy atom. The van der Waals surface area contributed by atoms with Crippen molar-refractivity contribution >= 4 is 12.4 Å². The standard InChI is InChI=1S/C9H12FNO.ClH/c1-12-6-9(11)7-2-4-8(10)5-3-7;/h2-5,9H,6,11H2,1H3;1H. The molecule has 0 heterocycles. The predicted molar refractivity (Wildman–Crippen MR) is 52.5 cm³/mol. The summed E-state index contributed by atoms with van der Waals surface area (Å²) in [5.41, 5.74) is 6.60. The Balaban J connectivity index is 0.00000144. The van der Waals surface area contributed by atoms with Gasteiger partial charge in [-0.1, -0.05) is 12.1 Å². The van der Waals surface area contributed by atoms with E-state index in [4.69, 9.17) is 10.5 Å². The molecule has 1 unspecified atom stereocenters. The van der Waals surface area contributed by atoms with E-state index < -0.39 is 0 Å². The molecule has 74 valence electrons. The van der Waals surface area contributed by atoms with Crippen molar-refractivity contribution in [3.63, 3.8) is 0 Å². The Morgan fingerprint density at radius 1 is 1.38 bits per heavy atom. The van der Waals surface area contributed by atoms with Gasteiger partial charge in [-0.25, -0.2) is 4.39 Å². The van der Waals surface area contributed by atoms with Crippen LogP contribution in [0.3, 0.4) is 0 Å². The lowest BCUT2D eigenvalue weighted by Crippen LogP contribution is -2.15. The molecule has 0 aliphatic rings. The van der Waals surface area contributed by atoms with Gasteiger partial charge in [0, 0.05) is 7.11 Å². The quantitative estimate of drug-likeness (QED) is 0.818. The van der Waals surface area contributed by atoms with Gasteiger partial charge < -0.3 is 10.5 Å². The zero-order valence-electron chi connectivity index (χ0n) is 7.37. The van der Waals surface area contributed by atoms with Gasteiger partial charge in [0.05, 0.1) is 12.6 Å². The number of rotatable bonds is 3. The third kappa shape index (κ3) is 3.72. The van der Waals surface area contributed by atoms with Crippen molar-refractivity contribution in [1.29, 1.82) is 0 Å². The van der Waals surface area contributed by atoms with E-state index in [1.807, 2.05) is 0 Å². The lowest BCUT2D eigenvalue weighted by atomic mass is 10.1. The first-order chi connectivity index (χ1) is 5.74. The molecule has 0 aliphatic carbocycles. The highest BCUT2D eigenvalue weighted by Gasteiger charge is 2.04. The summed E-state index contributed by atoms with van der Waals surface area (Å²) in [5, 5.41) is 0. The summed E-state index contributed by atoms with van der Waals surface area (Å²) in [7, 11) is 1.59. The molecule has 4 heteroatoms. The van der Waals surface area contributed by atoms with Crippen molar-refractivity contribution in [2.24, 2.45) is 5.73 Å². The number of halogens is 2. The third-order valence-electron chi connectivity index (χ3n) is 1.64. The Labute approximate surface area is 83.3 Å². The maximum Gasteiger partial charge on any atom is 0.123 e. The van der Waals surface area contributed by atoms with E-state index in [2.05, 4.69) is 0 Å². The van der Waals surface area contributed by atoms with Crippen LogP contribution in [0.15, 0.2) is 24.3 Å². The highest BCUT2D eigenvalue weighted by atomic mass is 35.5. The molecule has 0 saturated carbocycles. The van der Waals surface area contributed by atoms with Gasteiger partial charge in [-0.15, -0.1) is 12.4 Å². The fourth-order valence-electron chi connectivity index (χ4n) is 0.986. The highest BCUT2D eigenvalue weighted by molar-refractivity contribution is 5.85. The Kier molecular flexibility index (Phi) is 5.62. The van der Waals surface area contributed by atoms with Gasteiger partial charge in [0.15, 0.2) is 0 Å². The van der Waals surface area contributed by atoms with E-state index in [-0.39, 0.29) is 24.3 Å². The largest absolute Gasteiger partial charge is 0.383 e.